The standard InChI is InChI=1S/C10H6ClNS/c11-7-4-5-8-10-6(7)2-1-3-9(10)13-12-8/h1-5,12H. The highest BCUT2D eigenvalue weighted by atomic mass is 35.5. The van der Waals surface area contributed by atoms with Gasteiger partial charge in [0.2, 0.25) is 0 Å². The number of hydrogen-bond acceptors (Lipinski definition) is 2. The maximum atomic E-state index is 6.09. The van der Waals surface area contributed by atoms with Gasteiger partial charge < -0.3 is 4.72 Å². The molecule has 2 aromatic rings. The Labute approximate surface area is 85.2 Å². The fourth-order valence-corrected chi connectivity index (χ4v) is 2.70. The fourth-order valence-electron chi connectivity index (χ4n) is 1.62. The van der Waals surface area contributed by atoms with Crippen LogP contribution in [0.2, 0.25) is 5.02 Å². The maximum Gasteiger partial charge on any atom is 0.0535 e. The van der Waals surface area contributed by atoms with Gasteiger partial charge in [0, 0.05) is 20.7 Å². The van der Waals surface area contributed by atoms with Crippen LogP contribution < -0.4 is 4.72 Å². The van der Waals surface area contributed by atoms with Gasteiger partial charge in [-0.15, -0.1) is 0 Å². The predicted molar refractivity (Wildman–Crippen MR) is 58.4 cm³/mol. The molecule has 1 N–H and O–H groups in total. The zero-order valence-corrected chi connectivity index (χ0v) is 8.25. The Morgan fingerprint density at radius 2 is 2.08 bits per heavy atom. The zero-order valence-electron chi connectivity index (χ0n) is 6.67. The first kappa shape index (κ1) is 7.54. The SMILES string of the molecule is Clc1ccc2c3c(cccc13)SN2. The first-order valence-electron chi connectivity index (χ1n) is 4.00. The van der Waals surface area contributed by atoms with E-state index < -0.39 is 0 Å². The molecule has 3 heteroatoms. The van der Waals surface area contributed by atoms with Gasteiger partial charge in [-0.1, -0.05) is 23.7 Å². The number of nitrogens with one attached hydrogen (secondary N) is 1. The van der Waals surface area contributed by atoms with Crippen LogP contribution in [-0.4, -0.2) is 0 Å². The van der Waals surface area contributed by atoms with Crippen LogP contribution in [-0.2, 0) is 0 Å². The fraction of sp³-hybridized carbons (Fsp3) is 0. The summed E-state index contributed by atoms with van der Waals surface area (Å²) in [6, 6.07) is 10.1. The van der Waals surface area contributed by atoms with Crippen molar-refractivity contribution >= 4 is 40.0 Å². The van der Waals surface area contributed by atoms with Crippen molar-refractivity contribution in [2.24, 2.45) is 0 Å². The van der Waals surface area contributed by atoms with Crippen molar-refractivity contribution in [3.05, 3.63) is 35.4 Å². The molecule has 1 heterocycles. The molecule has 0 bridgehead atoms. The van der Waals surface area contributed by atoms with Crippen LogP contribution in [0.3, 0.4) is 0 Å². The van der Waals surface area contributed by atoms with Crippen molar-refractivity contribution in [1.82, 2.24) is 0 Å². The Bertz CT molecular complexity index is 485. The number of benzene rings is 2. The smallest absolute Gasteiger partial charge is 0.0535 e. The molecule has 0 aromatic heterocycles. The minimum atomic E-state index is 0.824. The molecule has 64 valence electrons. The topological polar surface area (TPSA) is 12.0 Å². The molecule has 13 heavy (non-hydrogen) atoms. The highest BCUT2D eigenvalue weighted by molar-refractivity contribution is 8.01. The van der Waals surface area contributed by atoms with E-state index in [-0.39, 0.29) is 0 Å². The van der Waals surface area contributed by atoms with Crippen molar-refractivity contribution in [2.75, 3.05) is 4.72 Å². The molecule has 0 fully saturated rings. The second-order valence-corrected chi connectivity index (χ2v) is 4.23. The van der Waals surface area contributed by atoms with Crippen LogP contribution in [0.15, 0.2) is 35.2 Å². The van der Waals surface area contributed by atoms with Gasteiger partial charge in [-0.05, 0) is 30.1 Å². The summed E-state index contributed by atoms with van der Waals surface area (Å²) in [4.78, 5) is 1.26. The van der Waals surface area contributed by atoms with E-state index in [2.05, 4.69) is 16.9 Å². The van der Waals surface area contributed by atoms with Crippen molar-refractivity contribution in [3.63, 3.8) is 0 Å². The van der Waals surface area contributed by atoms with Gasteiger partial charge in [0.25, 0.3) is 0 Å². The molecule has 0 amide bonds. The average molecular weight is 208 g/mol. The molecule has 1 aliphatic heterocycles. The molecule has 0 unspecified atom stereocenters. The summed E-state index contributed by atoms with van der Waals surface area (Å²) in [5.74, 6) is 0. The van der Waals surface area contributed by atoms with Gasteiger partial charge in [-0.25, -0.2) is 0 Å². The van der Waals surface area contributed by atoms with Crippen LogP contribution >= 0.6 is 23.5 Å². The van der Waals surface area contributed by atoms with Crippen molar-refractivity contribution in [3.8, 4) is 0 Å². The molecule has 0 saturated heterocycles. The minimum Gasteiger partial charge on any atom is -0.325 e. The molecular formula is C10H6ClNS. The van der Waals surface area contributed by atoms with Gasteiger partial charge >= 0.3 is 0 Å². The van der Waals surface area contributed by atoms with E-state index in [1.54, 1.807) is 11.9 Å². The summed E-state index contributed by atoms with van der Waals surface area (Å²) in [7, 11) is 0. The molecule has 0 radical (unpaired) electrons. The summed E-state index contributed by atoms with van der Waals surface area (Å²) in [6.07, 6.45) is 0. The maximum absolute atomic E-state index is 6.09. The number of rotatable bonds is 0. The van der Waals surface area contributed by atoms with E-state index in [4.69, 9.17) is 11.6 Å². The van der Waals surface area contributed by atoms with Crippen LogP contribution in [0.1, 0.15) is 0 Å². The van der Waals surface area contributed by atoms with Crippen LogP contribution in [0.5, 0.6) is 0 Å². The van der Waals surface area contributed by atoms with Crippen LogP contribution in [0.4, 0.5) is 5.69 Å². The molecular weight excluding hydrogens is 202 g/mol. The normalized spacial score (nSPS) is 13.3. The summed E-state index contributed by atoms with van der Waals surface area (Å²) >= 11 is 7.74. The van der Waals surface area contributed by atoms with Crippen LogP contribution in [0.25, 0.3) is 10.8 Å². The van der Waals surface area contributed by atoms with E-state index >= 15 is 0 Å². The van der Waals surface area contributed by atoms with E-state index in [0.29, 0.717) is 0 Å². The molecule has 1 nitrogen and oxygen atoms in total. The van der Waals surface area contributed by atoms with E-state index in [1.165, 1.54) is 16.0 Å². The highest BCUT2D eigenvalue weighted by Crippen LogP contribution is 2.42. The number of halogens is 1. The van der Waals surface area contributed by atoms with Crippen molar-refractivity contribution in [1.29, 1.82) is 0 Å². The van der Waals surface area contributed by atoms with Crippen molar-refractivity contribution < 1.29 is 0 Å². The quantitative estimate of drug-likeness (QED) is 0.657. The van der Waals surface area contributed by atoms with E-state index in [0.717, 1.165) is 10.4 Å². The lowest BCUT2D eigenvalue weighted by molar-refractivity contribution is 1.58. The molecule has 2 aromatic carbocycles. The third-order valence-electron chi connectivity index (χ3n) is 2.22. The lowest BCUT2D eigenvalue weighted by Gasteiger charge is -2.00. The second kappa shape index (κ2) is 2.56. The largest absolute Gasteiger partial charge is 0.325 e. The summed E-state index contributed by atoms with van der Waals surface area (Å²) in [5.41, 5.74) is 1.17. The highest BCUT2D eigenvalue weighted by Gasteiger charge is 2.14. The first-order chi connectivity index (χ1) is 6.36. The Morgan fingerprint density at radius 1 is 1.15 bits per heavy atom. The van der Waals surface area contributed by atoms with Gasteiger partial charge in [-0.2, -0.15) is 0 Å². The van der Waals surface area contributed by atoms with E-state index in [9.17, 15) is 0 Å². The number of hydrogen-bond donors (Lipinski definition) is 1. The lowest BCUT2D eigenvalue weighted by atomic mass is 10.1. The Morgan fingerprint density at radius 3 is 3.00 bits per heavy atom. The molecule has 1 aliphatic rings. The van der Waals surface area contributed by atoms with Gasteiger partial charge in [0.05, 0.1) is 5.69 Å². The summed E-state index contributed by atoms with van der Waals surface area (Å²) in [5, 5.41) is 3.21. The Hall–Kier alpha value is -0.860. The molecule has 0 aliphatic carbocycles. The Kier molecular flexibility index (Phi) is 1.49. The lowest BCUT2D eigenvalue weighted by Crippen LogP contribution is -1.77. The Balaban J connectivity index is 2.58. The summed E-state index contributed by atoms with van der Waals surface area (Å²) in [6.45, 7) is 0. The van der Waals surface area contributed by atoms with Crippen molar-refractivity contribution in [2.45, 2.75) is 4.90 Å². The molecule has 3 rings (SSSR count). The summed E-state index contributed by atoms with van der Waals surface area (Å²) < 4.78 is 3.26. The third kappa shape index (κ3) is 0.960. The zero-order chi connectivity index (χ0) is 8.84. The average Bonchev–Trinajstić information content (AvgIpc) is 2.57. The second-order valence-electron chi connectivity index (χ2n) is 2.98. The van der Waals surface area contributed by atoms with Crippen LogP contribution in [0, 0.1) is 0 Å². The van der Waals surface area contributed by atoms with Gasteiger partial charge in [0.15, 0.2) is 0 Å². The number of anilines is 1. The first-order valence-corrected chi connectivity index (χ1v) is 5.20. The third-order valence-corrected chi connectivity index (χ3v) is 3.43. The predicted octanol–water partition coefficient (Wildman–Crippen LogP) is 3.93. The molecule has 0 atom stereocenters. The van der Waals surface area contributed by atoms with E-state index in [1.807, 2.05) is 18.2 Å². The van der Waals surface area contributed by atoms with Gasteiger partial charge in [-0.3, -0.25) is 0 Å². The molecule has 0 spiro atoms. The van der Waals surface area contributed by atoms with Gasteiger partial charge in [0.1, 0.15) is 0 Å². The molecule has 0 saturated carbocycles. The monoisotopic (exact) mass is 207 g/mol. The minimum absolute atomic E-state index is 0.824.